The summed E-state index contributed by atoms with van der Waals surface area (Å²) >= 11 is 0. The lowest BCUT2D eigenvalue weighted by Gasteiger charge is -2.28. The van der Waals surface area contributed by atoms with Crippen LogP contribution in [0.25, 0.3) is 0 Å². The molecule has 1 N–H and O–H groups in total. The summed E-state index contributed by atoms with van der Waals surface area (Å²) in [6.45, 7) is 2.18. The molecule has 0 saturated heterocycles. The first kappa shape index (κ1) is 17.6. The lowest BCUT2D eigenvalue weighted by atomic mass is 10.2. The Morgan fingerprint density at radius 3 is 2.12 bits per heavy atom. The fourth-order valence-electron chi connectivity index (χ4n) is 1.22. The molecule has 0 heterocycles. The predicted octanol–water partition coefficient (Wildman–Crippen LogP) is 0.911. The third-order valence-corrected chi connectivity index (χ3v) is 1.74. The number of hydrogen-bond donors (Lipinski definition) is 1. The summed E-state index contributed by atoms with van der Waals surface area (Å²) in [5.74, 6) is -1.30. The van der Waals surface area contributed by atoms with E-state index in [4.69, 9.17) is 9.84 Å². The largest absolute Gasteiger partial charge is 0.481 e. The number of carbonyl (C=O) groups is 2. The van der Waals surface area contributed by atoms with Gasteiger partial charge < -0.3 is 14.3 Å². The molecular formula is C10H21ClNO4+. The van der Waals surface area contributed by atoms with Crippen LogP contribution in [0.5, 0.6) is 0 Å². The zero-order chi connectivity index (χ0) is 12.1. The molecule has 0 aliphatic carbocycles. The van der Waals surface area contributed by atoms with Crippen LogP contribution in [0.1, 0.15) is 19.8 Å². The molecule has 0 radical (unpaired) electrons. The van der Waals surface area contributed by atoms with Crippen molar-refractivity contribution in [2.24, 2.45) is 0 Å². The van der Waals surface area contributed by atoms with Crippen molar-refractivity contribution in [1.29, 1.82) is 0 Å². The van der Waals surface area contributed by atoms with Gasteiger partial charge in [-0.05, 0) is 0 Å². The molecule has 96 valence electrons. The van der Waals surface area contributed by atoms with Gasteiger partial charge in [-0.3, -0.25) is 9.59 Å². The van der Waals surface area contributed by atoms with Crippen molar-refractivity contribution >= 4 is 24.3 Å². The minimum atomic E-state index is -0.947. The Morgan fingerprint density at radius 2 is 1.81 bits per heavy atom. The number of rotatable bonds is 6. The minimum Gasteiger partial charge on any atom is -0.481 e. The highest BCUT2D eigenvalue weighted by Crippen LogP contribution is 2.06. The average Bonchev–Trinajstić information content (AvgIpc) is 1.99. The molecule has 0 saturated carbocycles. The normalized spacial score (nSPS) is 12.5. The van der Waals surface area contributed by atoms with Crippen molar-refractivity contribution in [3.8, 4) is 0 Å². The first-order valence-corrected chi connectivity index (χ1v) is 4.96. The molecule has 0 rings (SSSR count). The summed E-state index contributed by atoms with van der Waals surface area (Å²) in [7, 11) is 5.78. The van der Waals surface area contributed by atoms with Gasteiger partial charge >= 0.3 is 11.9 Å². The molecule has 0 aromatic heterocycles. The van der Waals surface area contributed by atoms with Crippen molar-refractivity contribution in [1.82, 2.24) is 0 Å². The van der Waals surface area contributed by atoms with E-state index in [0.29, 0.717) is 11.0 Å². The number of carboxylic acids is 1. The Hall–Kier alpha value is -0.810. The molecule has 1 atom stereocenters. The van der Waals surface area contributed by atoms with Crippen molar-refractivity contribution in [3.63, 3.8) is 0 Å². The summed E-state index contributed by atoms with van der Waals surface area (Å²) < 4.78 is 5.62. The monoisotopic (exact) mass is 254 g/mol. The van der Waals surface area contributed by atoms with Crippen LogP contribution in [-0.2, 0) is 14.3 Å². The van der Waals surface area contributed by atoms with E-state index in [1.807, 2.05) is 21.1 Å². The van der Waals surface area contributed by atoms with E-state index in [0.717, 1.165) is 0 Å². The fraction of sp³-hybridized carbons (Fsp3) is 0.800. The highest BCUT2D eigenvalue weighted by molar-refractivity contribution is 5.85. The summed E-state index contributed by atoms with van der Waals surface area (Å²) in [4.78, 5) is 21.6. The van der Waals surface area contributed by atoms with Crippen LogP contribution >= 0.6 is 12.4 Å². The molecule has 0 aliphatic heterocycles. The van der Waals surface area contributed by atoms with Crippen molar-refractivity contribution in [2.45, 2.75) is 25.9 Å². The van der Waals surface area contributed by atoms with E-state index in [1.54, 1.807) is 6.92 Å². The zero-order valence-electron chi connectivity index (χ0n) is 10.2. The van der Waals surface area contributed by atoms with Gasteiger partial charge in [-0.15, -0.1) is 12.4 Å². The number of esters is 1. The van der Waals surface area contributed by atoms with Gasteiger partial charge in [0.25, 0.3) is 0 Å². The molecule has 0 aromatic carbocycles. The van der Waals surface area contributed by atoms with Crippen LogP contribution in [0, 0.1) is 0 Å². The van der Waals surface area contributed by atoms with E-state index in [1.165, 1.54) is 0 Å². The standard InChI is InChI=1S/C10H19NO4.ClH/c1-5-10(14)15-8(6-9(12)13)7-11(2,3)4;/h8H,5-7H2,1-4H3;1H/p+1. The lowest BCUT2D eigenvalue weighted by molar-refractivity contribution is -0.873. The summed E-state index contributed by atoms with van der Waals surface area (Å²) in [6, 6.07) is 0. The van der Waals surface area contributed by atoms with Crippen molar-refractivity contribution in [3.05, 3.63) is 0 Å². The Morgan fingerprint density at radius 1 is 1.31 bits per heavy atom. The molecule has 0 aliphatic rings. The van der Waals surface area contributed by atoms with Gasteiger partial charge in [0.1, 0.15) is 6.54 Å². The second-order valence-corrected chi connectivity index (χ2v) is 4.54. The van der Waals surface area contributed by atoms with E-state index in [2.05, 4.69) is 0 Å². The summed E-state index contributed by atoms with van der Waals surface area (Å²) in [6.07, 6.45) is -0.413. The Bertz CT molecular complexity index is 237. The lowest BCUT2D eigenvalue weighted by Crippen LogP contribution is -2.43. The number of ether oxygens (including phenoxy) is 1. The number of likely N-dealkylation sites (N-methyl/N-ethyl adjacent to an activating group) is 1. The number of halogens is 1. The van der Waals surface area contributed by atoms with Gasteiger partial charge in [0, 0.05) is 6.42 Å². The molecule has 0 amide bonds. The number of hydrogen-bond acceptors (Lipinski definition) is 3. The molecule has 0 bridgehead atoms. The zero-order valence-corrected chi connectivity index (χ0v) is 11.0. The highest BCUT2D eigenvalue weighted by atomic mass is 35.5. The highest BCUT2D eigenvalue weighted by Gasteiger charge is 2.23. The summed E-state index contributed by atoms with van der Waals surface area (Å²) in [5.41, 5.74) is 0. The first-order chi connectivity index (χ1) is 6.74. The SMILES string of the molecule is CCC(=O)OC(CC(=O)O)C[N+](C)(C)C.Cl. The van der Waals surface area contributed by atoms with E-state index in [-0.39, 0.29) is 31.2 Å². The minimum absolute atomic E-state index is 0. The quantitative estimate of drug-likeness (QED) is 0.565. The number of carboxylic acid groups (broad SMARTS) is 1. The van der Waals surface area contributed by atoms with E-state index < -0.39 is 12.1 Å². The van der Waals surface area contributed by atoms with Crippen molar-refractivity contribution in [2.75, 3.05) is 27.7 Å². The van der Waals surface area contributed by atoms with Crippen LogP contribution in [0.4, 0.5) is 0 Å². The van der Waals surface area contributed by atoms with Crippen LogP contribution in [0.15, 0.2) is 0 Å². The topological polar surface area (TPSA) is 63.6 Å². The molecule has 5 nitrogen and oxygen atoms in total. The summed E-state index contributed by atoms with van der Waals surface area (Å²) in [5, 5.41) is 8.67. The van der Waals surface area contributed by atoms with E-state index in [9.17, 15) is 9.59 Å². The van der Waals surface area contributed by atoms with Crippen LogP contribution in [0.3, 0.4) is 0 Å². The van der Waals surface area contributed by atoms with Gasteiger partial charge in [-0.25, -0.2) is 0 Å². The van der Waals surface area contributed by atoms with Crippen LogP contribution in [-0.4, -0.2) is 55.3 Å². The molecule has 0 spiro atoms. The molecule has 6 heteroatoms. The molecular weight excluding hydrogens is 234 g/mol. The third kappa shape index (κ3) is 9.73. The van der Waals surface area contributed by atoms with Gasteiger partial charge in [0.2, 0.25) is 0 Å². The van der Waals surface area contributed by atoms with Gasteiger partial charge in [0.15, 0.2) is 6.10 Å². The Balaban J connectivity index is 0. The maximum atomic E-state index is 11.1. The fourth-order valence-corrected chi connectivity index (χ4v) is 1.22. The van der Waals surface area contributed by atoms with Crippen LogP contribution < -0.4 is 0 Å². The molecule has 16 heavy (non-hydrogen) atoms. The second-order valence-electron chi connectivity index (χ2n) is 4.54. The maximum absolute atomic E-state index is 11.1. The van der Waals surface area contributed by atoms with Gasteiger partial charge in [-0.1, -0.05) is 6.92 Å². The predicted molar refractivity (Wildman–Crippen MR) is 62.6 cm³/mol. The average molecular weight is 255 g/mol. The number of aliphatic carboxylic acids is 1. The molecule has 0 aromatic rings. The Labute approximate surface area is 102 Å². The third-order valence-electron chi connectivity index (χ3n) is 1.74. The second kappa shape index (κ2) is 7.46. The molecule has 1 unspecified atom stereocenters. The van der Waals surface area contributed by atoms with Crippen LogP contribution in [0.2, 0.25) is 0 Å². The number of quaternary nitrogens is 1. The van der Waals surface area contributed by atoms with Gasteiger partial charge in [0.05, 0.1) is 27.6 Å². The maximum Gasteiger partial charge on any atom is 0.307 e. The Kier molecular flexibility index (Phi) is 8.20. The first-order valence-electron chi connectivity index (χ1n) is 4.96. The number of carbonyl (C=O) groups excluding carboxylic acids is 1. The van der Waals surface area contributed by atoms with Gasteiger partial charge in [-0.2, -0.15) is 0 Å². The number of nitrogens with zero attached hydrogens (tertiary/aromatic N) is 1. The smallest absolute Gasteiger partial charge is 0.307 e. The van der Waals surface area contributed by atoms with Crippen molar-refractivity contribution < 1.29 is 23.9 Å². The van der Waals surface area contributed by atoms with E-state index >= 15 is 0 Å². The molecule has 0 fully saturated rings.